The molecule has 2 heteroatoms. The van der Waals surface area contributed by atoms with E-state index in [2.05, 4.69) is 29.3 Å². The fraction of sp³-hybridized carbons (Fsp3) is 0.562. The molecule has 0 aliphatic heterocycles. The minimum absolute atomic E-state index is 0.262. The average Bonchev–Trinajstić information content (AvgIpc) is 2.78. The summed E-state index contributed by atoms with van der Waals surface area (Å²) in [7, 11) is 0. The lowest BCUT2D eigenvalue weighted by Gasteiger charge is -2.28. The van der Waals surface area contributed by atoms with Gasteiger partial charge in [-0.3, -0.25) is 0 Å². The highest BCUT2D eigenvalue weighted by atomic mass is 16.1. The van der Waals surface area contributed by atoms with Crippen molar-refractivity contribution >= 4 is 6.08 Å². The number of hydrogen-bond donors (Lipinski definition) is 0. The fourth-order valence-electron chi connectivity index (χ4n) is 3.34. The number of benzene rings is 1. The number of hydrogen-bond acceptors (Lipinski definition) is 2. The summed E-state index contributed by atoms with van der Waals surface area (Å²) in [5.41, 5.74) is 2.40. The van der Waals surface area contributed by atoms with Crippen molar-refractivity contribution < 1.29 is 4.79 Å². The number of aliphatic imine (C=N–C) groups is 1. The SMILES string of the molecule is O=C=NC1(c2cccc(C3CCC3)c2)CCCC1. The van der Waals surface area contributed by atoms with Crippen LogP contribution in [0.1, 0.15) is 62.0 Å². The summed E-state index contributed by atoms with van der Waals surface area (Å²) in [6.07, 6.45) is 10.1. The van der Waals surface area contributed by atoms with Crippen molar-refractivity contribution in [1.29, 1.82) is 0 Å². The van der Waals surface area contributed by atoms with E-state index < -0.39 is 0 Å². The molecule has 0 bridgehead atoms. The van der Waals surface area contributed by atoms with E-state index in [1.54, 1.807) is 6.08 Å². The minimum atomic E-state index is -0.262. The highest BCUT2D eigenvalue weighted by molar-refractivity contribution is 5.40. The maximum absolute atomic E-state index is 10.7. The molecule has 2 aliphatic carbocycles. The molecular weight excluding hydrogens is 222 g/mol. The molecule has 0 spiro atoms. The first kappa shape index (κ1) is 11.7. The monoisotopic (exact) mass is 241 g/mol. The van der Waals surface area contributed by atoms with E-state index in [-0.39, 0.29) is 5.54 Å². The standard InChI is InChI=1S/C16H19NO/c18-12-17-16(9-1-2-10-16)15-8-4-7-14(11-15)13-5-3-6-13/h4,7-8,11,13H,1-3,5-6,9-10H2. The Hall–Kier alpha value is -1.40. The largest absolute Gasteiger partial charge is 0.235 e. The van der Waals surface area contributed by atoms with Crippen molar-refractivity contribution in [3.8, 4) is 0 Å². The molecule has 0 radical (unpaired) electrons. The van der Waals surface area contributed by atoms with Crippen LogP contribution in [0.5, 0.6) is 0 Å². The molecule has 2 nitrogen and oxygen atoms in total. The summed E-state index contributed by atoms with van der Waals surface area (Å²) >= 11 is 0. The third-order valence-corrected chi connectivity index (χ3v) is 4.69. The molecule has 2 aliphatic rings. The summed E-state index contributed by atoms with van der Waals surface area (Å²) in [6.45, 7) is 0. The Bertz CT molecular complexity index is 478. The van der Waals surface area contributed by atoms with Gasteiger partial charge in [0.1, 0.15) is 0 Å². The second-order valence-electron chi connectivity index (χ2n) is 5.70. The number of rotatable bonds is 3. The zero-order valence-corrected chi connectivity index (χ0v) is 10.7. The summed E-state index contributed by atoms with van der Waals surface area (Å²) < 4.78 is 0. The van der Waals surface area contributed by atoms with Gasteiger partial charge >= 0.3 is 0 Å². The number of nitrogens with zero attached hydrogens (tertiary/aromatic N) is 1. The Balaban J connectivity index is 1.96. The summed E-state index contributed by atoms with van der Waals surface area (Å²) in [5, 5.41) is 0. The van der Waals surface area contributed by atoms with Crippen LogP contribution in [0.4, 0.5) is 0 Å². The smallest absolute Gasteiger partial charge is 0.211 e. The van der Waals surface area contributed by atoms with Crippen LogP contribution >= 0.6 is 0 Å². The molecule has 2 fully saturated rings. The van der Waals surface area contributed by atoms with Crippen LogP contribution in [-0.4, -0.2) is 6.08 Å². The van der Waals surface area contributed by atoms with Gasteiger partial charge < -0.3 is 0 Å². The van der Waals surface area contributed by atoms with Crippen LogP contribution in [0.3, 0.4) is 0 Å². The van der Waals surface area contributed by atoms with Crippen molar-refractivity contribution in [3.63, 3.8) is 0 Å². The maximum Gasteiger partial charge on any atom is 0.235 e. The normalized spacial score (nSPS) is 22.2. The Kier molecular flexibility index (Phi) is 3.05. The minimum Gasteiger partial charge on any atom is -0.211 e. The second kappa shape index (κ2) is 4.70. The number of isocyanates is 1. The molecule has 1 aromatic rings. The molecule has 0 heterocycles. The van der Waals surface area contributed by atoms with Crippen LogP contribution < -0.4 is 0 Å². The average molecular weight is 241 g/mol. The van der Waals surface area contributed by atoms with E-state index in [1.165, 1.54) is 43.2 Å². The first-order valence-electron chi connectivity index (χ1n) is 7.03. The van der Waals surface area contributed by atoms with Gasteiger partial charge in [0.25, 0.3) is 0 Å². The summed E-state index contributed by atoms with van der Waals surface area (Å²) in [5.74, 6) is 0.739. The molecule has 94 valence electrons. The maximum atomic E-state index is 10.7. The van der Waals surface area contributed by atoms with Gasteiger partial charge in [0.05, 0.1) is 5.54 Å². The van der Waals surface area contributed by atoms with Gasteiger partial charge in [-0.15, -0.1) is 0 Å². The summed E-state index contributed by atoms with van der Waals surface area (Å²) in [4.78, 5) is 14.9. The van der Waals surface area contributed by atoms with Gasteiger partial charge in [-0.1, -0.05) is 43.5 Å². The van der Waals surface area contributed by atoms with Crippen LogP contribution in [0.25, 0.3) is 0 Å². The van der Waals surface area contributed by atoms with Crippen LogP contribution in [0.15, 0.2) is 29.3 Å². The first-order chi connectivity index (χ1) is 8.84. The van der Waals surface area contributed by atoms with E-state index in [1.807, 2.05) is 0 Å². The lowest BCUT2D eigenvalue weighted by atomic mass is 9.78. The third-order valence-electron chi connectivity index (χ3n) is 4.69. The van der Waals surface area contributed by atoms with Gasteiger partial charge in [0.15, 0.2) is 0 Å². The van der Waals surface area contributed by atoms with Crippen LogP contribution in [-0.2, 0) is 10.3 Å². The highest BCUT2D eigenvalue weighted by Crippen LogP contribution is 2.44. The van der Waals surface area contributed by atoms with Gasteiger partial charge in [-0.2, -0.15) is 4.99 Å². The van der Waals surface area contributed by atoms with Crippen molar-refractivity contribution in [3.05, 3.63) is 35.4 Å². The molecule has 1 aromatic carbocycles. The molecule has 0 atom stereocenters. The summed E-state index contributed by atoms with van der Waals surface area (Å²) in [6, 6.07) is 8.77. The van der Waals surface area contributed by atoms with Crippen molar-refractivity contribution in [2.24, 2.45) is 4.99 Å². The zero-order valence-electron chi connectivity index (χ0n) is 10.7. The Morgan fingerprint density at radius 1 is 1.17 bits per heavy atom. The zero-order chi connectivity index (χ0) is 12.4. The Labute approximate surface area is 108 Å². The predicted octanol–water partition coefficient (Wildman–Crippen LogP) is 4.06. The highest BCUT2D eigenvalue weighted by Gasteiger charge is 2.36. The molecule has 3 rings (SSSR count). The lowest BCUT2D eigenvalue weighted by molar-refractivity contribution is 0.416. The quantitative estimate of drug-likeness (QED) is 0.579. The molecule has 18 heavy (non-hydrogen) atoms. The van der Waals surface area contributed by atoms with Crippen LogP contribution in [0, 0.1) is 0 Å². The van der Waals surface area contributed by atoms with E-state index in [0.717, 1.165) is 18.8 Å². The van der Waals surface area contributed by atoms with E-state index >= 15 is 0 Å². The molecule has 0 unspecified atom stereocenters. The molecule has 0 amide bonds. The van der Waals surface area contributed by atoms with Gasteiger partial charge in [-0.05, 0) is 42.7 Å². The number of carbonyl (C=O) groups excluding carboxylic acids is 1. The van der Waals surface area contributed by atoms with Crippen LogP contribution in [0.2, 0.25) is 0 Å². The third kappa shape index (κ3) is 1.91. The van der Waals surface area contributed by atoms with E-state index in [0.29, 0.717) is 0 Å². The molecule has 0 aromatic heterocycles. The molecule has 2 saturated carbocycles. The molecular formula is C16H19NO. The topological polar surface area (TPSA) is 29.4 Å². The lowest BCUT2D eigenvalue weighted by Crippen LogP contribution is -2.19. The predicted molar refractivity (Wildman–Crippen MR) is 71.3 cm³/mol. The van der Waals surface area contributed by atoms with Crippen molar-refractivity contribution in [2.75, 3.05) is 0 Å². The van der Waals surface area contributed by atoms with Gasteiger partial charge in [0, 0.05) is 0 Å². The Morgan fingerprint density at radius 2 is 1.94 bits per heavy atom. The van der Waals surface area contributed by atoms with E-state index in [4.69, 9.17) is 0 Å². The molecule has 0 N–H and O–H groups in total. The fourth-order valence-corrected chi connectivity index (χ4v) is 3.34. The van der Waals surface area contributed by atoms with Crippen molar-refractivity contribution in [1.82, 2.24) is 0 Å². The van der Waals surface area contributed by atoms with Gasteiger partial charge in [0.2, 0.25) is 6.08 Å². The van der Waals surface area contributed by atoms with E-state index in [9.17, 15) is 4.79 Å². The van der Waals surface area contributed by atoms with Gasteiger partial charge in [-0.25, -0.2) is 4.79 Å². The Morgan fingerprint density at radius 3 is 2.56 bits per heavy atom. The second-order valence-corrected chi connectivity index (χ2v) is 5.70. The van der Waals surface area contributed by atoms with Crippen molar-refractivity contribution in [2.45, 2.75) is 56.4 Å². The first-order valence-corrected chi connectivity index (χ1v) is 7.03. The molecule has 0 saturated heterocycles.